The number of aromatic nitrogens is 2. The molecule has 0 radical (unpaired) electrons. The highest BCUT2D eigenvalue weighted by atomic mass is 16.6. The van der Waals surface area contributed by atoms with Crippen LogP contribution < -0.4 is 5.32 Å². The molecule has 1 aromatic heterocycles. The Hall–Kier alpha value is -3.61. The van der Waals surface area contributed by atoms with Crippen LogP contribution in [0.15, 0.2) is 54.6 Å². The van der Waals surface area contributed by atoms with E-state index in [4.69, 9.17) is 14.5 Å². The summed E-state index contributed by atoms with van der Waals surface area (Å²) >= 11 is 0. The second kappa shape index (κ2) is 11.2. The topological polar surface area (TPSA) is 82.5 Å². The molecule has 0 aliphatic heterocycles. The normalized spacial score (nSPS) is 24.4. The second-order valence-corrected chi connectivity index (χ2v) is 14.0. The van der Waals surface area contributed by atoms with Gasteiger partial charge >= 0.3 is 12.2 Å². The predicted octanol–water partition coefficient (Wildman–Crippen LogP) is 8.54. The molecular weight excluding hydrogens is 526 g/mol. The smallest absolute Gasteiger partial charge is 0.420 e. The highest BCUT2D eigenvalue weighted by Crippen LogP contribution is 2.61. The van der Waals surface area contributed by atoms with Gasteiger partial charge in [0.2, 0.25) is 0 Å². The zero-order valence-corrected chi connectivity index (χ0v) is 25.3. The summed E-state index contributed by atoms with van der Waals surface area (Å²) in [5, 5.41) is 2.91. The quantitative estimate of drug-likeness (QED) is 0.308. The minimum absolute atomic E-state index is 0.146. The second-order valence-electron chi connectivity index (χ2n) is 14.0. The summed E-state index contributed by atoms with van der Waals surface area (Å²) in [5.41, 5.74) is 2.99. The van der Waals surface area contributed by atoms with Crippen molar-refractivity contribution in [3.05, 3.63) is 71.4 Å². The van der Waals surface area contributed by atoms with Crippen molar-refractivity contribution in [1.29, 1.82) is 0 Å². The van der Waals surface area contributed by atoms with Gasteiger partial charge in [-0.15, -0.1) is 0 Å². The van der Waals surface area contributed by atoms with Crippen LogP contribution in [-0.4, -0.2) is 27.3 Å². The Morgan fingerprint density at radius 3 is 2.19 bits per heavy atom. The molecule has 42 heavy (non-hydrogen) atoms. The number of rotatable bonds is 7. The minimum Gasteiger partial charge on any atom is -0.444 e. The molecule has 0 unspecified atom stereocenters. The van der Waals surface area contributed by atoms with E-state index in [1.54, 1.807) is 4.57 Å². The summed E-state index contributed by atoms with van der Waals surface area (Å²) in [4.78, 5) is 31.9. The van der Waals surface area contributed by atoms with Gasteiger partial charge in [0.25, 0.3) is 0 Å². The van der Waals surface area contributed by atoms with Crippen molar-refractivity contribution >= 4 is 18.0 Å². The van der Waals surface area contributed by atoms with Crippen molar-refractivity contribution in [2.75, 3.05) is 5.32 Å². The lowest BCUT2D eigenvalue weighted by molar-refractivity contribution is -0.0571. The molecule has 1 amide bonds. The molecule has 1 heterocycles. The standard InChI is InChI=1S/C35H43N3O4/c1-23-10-8-9-13-28(23)31-36-30(37-32(39)41-22-24-11-6-5-7-12-24)29(38(31)33(40)42-34(2,3)4)14-15-35-19-25-16-26(20-35)18-27(17-25)21-35/h5-13,25-27H,14-22H2,1-4H3,(H,37,39). The first-order valence-corrected chi connectivity index (χ1v) is 15.5. The van der Waals surface area contributed by atoms with Crippen molar-refractivity contribution in [1.82, 2.24) is 9.55 Å². The number of amides is 1. The number of hydrogen-bond acceptors (Lipinski definition) is 5. The Balaban J connectivity index is 1.35. The fourth-order valence-electron chi connectivity index (χ4n) is 8.13. The first kappa shape index (κ1) is 28.5. The summed E-state index contributed by atoms with van der Waals surface area (Å²) in [6.07, 6.45) is 8.46. The van der Waals surface area contributed by atoms with Gasteiger partial charge in [-0.25, -0.2) is 19.1 Å². The molecule has 4 saturated carbocycles. The first-order valence-electron chi connectivity index (χ1n) is 15.5. The molecule has 7 heteroatoms. The molecule has 0 atom stereocenters. The van der Waals surface area contributed by atoms with Gasteiger partial charge in [-0.05, 0) is 113 Å². The summed E-state index contributed by atoms with van der Waals surface area (Å²) in [5.74, 6) is 3.34. The molecule has 7 rings (SSSR count). The Morgan fingerprint density at radius 2 is 1.57 bits per heavy atom. The van der Waals surface area contributed by atoms with Crippen LogP contribution in [0.1, 0.15) is 82.5 Å². The lowest BCUT2D eigenvalue weighted by Gasteiger charge is -2.57. The molecule has 4 aliphatic rings. The Labute approximate surface area is 249 Å². The fraction of sp³-hybridized carbons (Fsp3) is 0.514. The number of aryl methyl sites for hydroxylation is 1. The van der Waals surface area contributed by atoms with E-state index >= 15 is 0 Å². The average molecular weight is 570 g/mol. The molecule has 4 fully saturated rings. The summed E-state index contributed by atoms with van der Waals surface area (Å²) in [7, 11) is 0. The lowest BCUT2D eigenvalue weighted by atomic mass is 9.48. The van der Waals surface area contributed by atoms with Gasteiger partial charge in [-0.2, -0.15) is 0 Å². The molecule has 222 valence electrons. The zero-order valence-electron chi connectivity index (χ0n) is 25.3. The van der Waals surface area contributed by atoms with E-state index in [1.807, 2.05) is 82.3 Å². The highest BCUT2D eigenvalue weighted by molar-refractivity contribution is 5.88. The van der Waals surface area contributed by atoms with Crippen molar-refractivity contribution in [3.63, 3.8) is 0 Å². The predicted molar refractivity (Wildman–Crippen MR) is 163 cm³/mol. The van der Waals surface area contributed by atoms with E-state index in [-0.39, 0.29) is 6.61 Å². The third kappa shape index (κ3) is 6.11. The van der Waals surface area contributed by atoms with E-state index in [1.165, 1.54) is 38.5 Å². The molecule has 0 saturated heterocycles. The van der Waals surface area contributed by atoms with E-state index in [0.717, 1.165) is 40.9 Å². The van der Waals surface area contributed by atoms with Crippen LogP contribution in [0.4, 0.5) is 15.4 Å². The zero-order chi connectivity index (χ0) is 29.5. The van der Waals surface area contributed by atoms with E-state index in [0.29, 0.717) is 29.2 Å². The van der Waals surface area contributed by atoms with Crippen LogP contribution in [0, 0.1) is 30.1 Å². The van der Waals surface area contributed by atoms with Gasteiger partial charge in [0, 0.05) is 5.56 Å². The number of hydrogen-bond donors (Lipinski definition) is 1. The number of anilines is 1. The summed E-state index contributed by atoms with van der Waals surface area (Å²) in [6.45, 7) is 7.74. The van der Waals surface area contributed by atoms with Crippen molar-refractivity contribution in [2.24, 2.45) is 23.2 Å². The van der Waals surface area contributed by atoms with Crippen LogP contribution in [0.2, 0.25) is 0 Å². The van der Waals surface area contributed by atoms with Crippen LogP contribution in [0.5, 0.6) is 0 Å². The maximum Gasteiger partial charge on any atom is 0.420 e. The Kier molecular flexibility index (Phi) is 7.62. The molecule has 2 aromatic carbocycles. The van der Waals surface area contributed by atoms with Gasteiger partial charge in [0.1, 0.15) is 12.2 Å². The van der Waals surface area contributed by atoms with Crippen LogP contribution in [0.3, 0.4) is 0 Å². The molecule has 3 aromatic rings. The Morgan fingerprint density at radius 1 is 0.952 bits per heavy atom. The number of carbonyl (C=O) groups excluding carboxylic acids is 2. The largest absolute Gasteiger partial charge is 0.444 e. The lowest BCUT2D eigenvalue weighted by Crippen LogP contribution is -2.46. The maximum absolute atomic E-state index is 13.9. The number of imidazole rings is 1. The van der Waals surface area contributed by atoms with Crippen LogP contribution >= 0.6 is 0 Å². The Bertz CT molecular complexity index is 1420. The highest BCUT2D eigenvalue weighted by Gasteiger charge is 2.50. The number of carbonyl (C=O) groups is 2. The van der Waals surface area contributed by atoms with Crippen molar-refractivity contribution in [3.8, 4) is 11.4 Å². The molecule has 1 N–H and O–H groups in total. The number of ether oxygens (including phenoxy) is 2. The van der Waals surface area contributed by atoms with Crippen molar-refractivity contribution < 1.29 is 19.1 Å². The van der Waals surface area contributed by atoms with E-state index in [9.17, 15) is 9.59 Å². The van der Waals surface area contributed by atoms with Gasteiger partial charge in [0.15, 0.2) is 11.6 Å². The van der Waals surface area contributed by atoms with Gasteiger partial charge in [0.05, 0.1) is 5.69 Å². The van der Waals surface area contributed by atoms with E-state index in [2.05, 4.69) is 5.32 Å². The number of nitrogens with one attached hydrogen (secondary N) is 1. The van der Waals surface area contributed by atoms with Gasteiger partial charge < -0.3 is 9.47 Å². The third-order valence-electron chi connectivity index (χ3n) is 9.43. The molecule has 0 spiro atoms. The van der Waals surface area contributed by atoms with Crippen molar-refractivity contribution in [2.45, 2.75) is 91.3 Å². The molecule has 4 aliphatic carbocycles. The fourth-order valence-corrected chi connectivity index (χ4v) is 8.13. The monoisotopic (exact) mass is 569 g/mol. The van der Waals surface area contributed by atoms with Crippen LogP contribution in [0.25, 0.3) is 11.4 Å². The number of nitrogens with zero attached hydrogens (tertiary/aromatic N) is 2. The average Bonchev–Trinajstić information content (AvgIpc) is 3.28. The van der Waals surface area contributed by atoms with Gasteiger partial charge in [-0.1, -0.05) is 54.6 Å². The van der Waals surface area contributed by atoms with Crippen LogP contribution in [-0.2, 0) is 22.5 Å². The molecule has 4 bridgehead atoms. The SMILES string of the molecule is Cc1ccccc1-c1nc(NC(=O)OCc2ccccc2)c(CCC23CC4CC(CC(C4)C2)C3)n1C(=O)OC(C)(C)C. The van der Waals surface area contributed by atoms with E-state index < -0.39 is 17.8 Å². The first-order chi connectivity index (χ1) is 20.1. The summed E-state index contributed by atoms with van der Waals surface area (Å²) in [6, 6.07) is 17.4. The molecular formula is C35H43N3O4. The number of benzene rings is 2. The minimum atomic E-state index is -0.691. The summed E-state index contributed by atoms with van der Waals surface area (Å²) < 4.78 is 13.1. The maximum atomic E-state index is 13.9. The third-order valence-corrected chi connectivity index (χ3v) is 9.43. The van der Waals surface area contributed by atoms with Gasteiger partial charge in [-0.3, -0.25) is 5.32 Å². The molecule has 7 nitrogen and oxygen atoms in total.